The lowest BCUT2D eigenvalue weighted by atomic mass is 10.0. The molecule has 6 rings (SSSR count). The van der Waals surface area contributed by atoms with Crippen molar-refractivity contribution in [1.29, 1.82) is 0 Å². The minimum absolute atomic E-state index is 0.123. The van der Waals surface area contributed by atoms with Gasteiger partial charge < -0.3 is 14.6 Å². The van der Waals surface area contributed by atoms with E-state index < -0.39 is 6.17 Å². The van der Waals surface area contributed by atoms with Crippen molar-refractivity contribution >= 4 is 23.1 Å². The zero-order chi connectivity index (χ0) is 27.6. The van der Waals surface area contributed by atoms with Crippen LogP contribution in [0.5, 0.6) is 5.75 Å². The maximum atomic E-state index is 14.0. The van der Waals surface area contributed by atoms with Crippen LogP contribution in [0.3, 0.4) is 0 Å². The van der Waals surface area contributed by atoms with E-state index in [0.29, 0.717) is 28.8 Å². The molecule has 1 unspecified atom stereocenters. The second-order valence-electron chi connectivity index (χ2n) is 9.60. The summed E-state index contributed by atoms with van der Waals surface area (Å²) in [5.41, 5.74) is 4.35. The first-order chi connectivity index (χ1) is 19.5. The summed E-state index contributed by atoms with van der Waals surface area (Å²) in [4.78, 5) is 27.1. The lowest BCUT2D eigenvalue weighted by molar-refractivity contribution is 0.414. The van der Waals surface area contributed by atoms with Crippen molar-refractivity contribution in [2.75, 3.05) is 12.4 Å². The Morgan fingerprint density at radius 3 is 2.73 bits per heavy atom. The van der Waals surface area contributed by atoms with E-state index in [1.807, 2.05) is 60.0 Å². The summed E-state index contributed by atoms with van der Waals surface area (Å²) in [7, 11) is 1.64. The number of anilines is 1. The van der Waals surface area contributed by atoms with Gasteiger partial charge in [0.1, 0.15) is 23.6 Å². The molecular formula is C31H27FN6O2. The van der Waals surface area contributed by atoms with Gasteiger partial charge >= 0.3 is 0 Å². The van der Waals surface area contributed by atoms with Crippen molar-refractivity contribution in [3.05, 3.63) is 118 Å². The molecule has 1 aliphatic heterocycles. The van der Waals surface area contributed by atoms with Gasteiger partial charge in [0, 0.05) is 42.0 Å². The maximum absolute atomic E-state index is 14.0. The van der Waals surface area contributed by atoms with E-state index in [-0.39, 0.29) is 17.3 Å². The highest BCUT2D eigenvalue weighted by molar-refractivity contribution is 5.84. The highest BCUT2D eigenvalue weighted by Gasteiger charge is 2.26. The summed E-state index contributed by atoms with van der Waals surface area (Å²) in [5, 5.41) is 7.35. The topological polar surface area (TPSA) is 93.4 Å². The van der Waals surface area contributed by atoms with Crippen LogP contribution < -0.4 is 20.8 Å². The van der Waals surface area contributed by atoms with Gasteiger partial charge in [0.2, 0.25) is 0 Å². The lowest BCUT2D eigenvalue weighted by Gasteiger charge is -2.27. The van der Waals surface area contributed by atoms with E-state index >= 15 is 0 Å². The van der Waals surface area contributed by atoms with Crippen molar-refractivity contribution < 1.29 is 9.13 Å². The normalized spacial score (nSPS) is 14.9. The highest BCUT2D eigenvalue weighted by atomic mass is 19.1. The number of ether oxygens (including phenoxy) is 1. The smallest absolute Gasteiger partial charge is 0.190 e. The standard InChI is InChI=1S/C31H27FN6O2/c1-19(29-24(26-5-3-4-13-33-26)16-21-15-22(32)8-11-25(21)37-29)36-30-28-27(39)12-14-38(31(28)35-18-34-30)17-20-6-9-23(40-2)10-7-20/h3-16,18-19,30,36H,17H2,1-2H3,(H,34,35)/t19-,30?/m1/s1. The van der Waals surface area contributed by atoms with Gasteiger partial charge in [-0.05, 0) is 61.0 Å². The first-order valence-electron chi connectivity index (χ1n) is 12.9. The number of benzene rings is 2. The minimum Gasteiger partial charge on any atom is -0.497 e. The zero-order valence-electron chi connectivity index (χ0n) is 22.0. The van der Waals surface area contributed by atoms with E-state index in [4.69, 9.17) is 9.72 Å². The van der Waals surface area contributed by atoms with E-state index in [2.05, 4.69) is 20.6 Å². The van der Waals surface area contributed by atoms with Gasteiger partial charge in [-0.3, -0.25) is 25.1 Å². The molecule has 8 nitrogen and oxygen atoms in total. The number of hydrogen-bond donors (Lipinski definition) is 2. The predicted octanol–water partition coefficient (Wildman–Crippen LogP) is 5.46. The van der Waals surface area contributed by atoms with Gasteiger partial charge in [-0.15, -0.1) is 0 Å². The van der Waals surface area contributed by atoms with Crippen LogP contribution >= 0.6 is 0 Å². The van der Waals surface area contributed by atoms with Crippen LogP contribution in [0.2, 0.25) is 0 Å². The van der Waals surface area contributed by atoms with Gasteiger partial charge in [-0.25, -0.2) is 4.39 Å². The molecule has 0 aliphatic carbocycles. The summed E-state index contributed by atoms with van der Waals surface area (Å²) in [6, 6.07) is 21.1. The Labute approximate surface area is 230 Å². The van der Waals surface area contributed by atoms with Crippen molar-refractivity contribution in [3.8, 4) is 17.0 Å². The molecule has 0 amide bonds. The van der Waals surface area contributed by atoms with Crippen LogP contribution in [-0.4, -0.2) is 28.0 Å². The van der Waals surface area contributed by atoms with Gasteiger partial charge in [-0.1, -0.05) is 18.2 Å². The molecule has 40 heavy (non-hydrogen) atoms. The number of aliphatic imine (C=N–C) groups is 1. The van der Waals surface area contributed by atoms with E-state index in [1.165, 1.54) is 12.1 Å². The Morgan fingerprint density at radius 1 is 1.10 bits per heavy atom. The Kier molecular flexibility index (Phi) is 6.79. The Morgan fingerprint density at radius 2 is 1.95 bits per heavy atom. The number of rotatable bonds is 7. The molecule has 0 saturated carbocycles. The lowest BCUT2D eigenvalue weighted by Crippen LogP contribution is -2.33. The third-order valence-electron chi connectivity index (χ3n) is 6.99. The number of halogens is 1. The van der Waals surface area contributed by atoms with Gasteiger partial charge in [0.15, 0.2) is 5.43 Å². The molecule has 0 fully saturated rings. The van der Waals surface area contributed by atoms with Gasteiger partial charge in [0.05, 0.1) is 35.9 Å². The fraction of sp³-hybridized carbons (Fsp3) is 0.161. The third kappa shape index (κ3) is 4.94. The molecule has 1 aliphatic rings. The first kappa shape index (κ1) is 25.4. The van der Waals surface area contributed by atoms with Crippen LogP contribution in [0.4, 0.5) is 10.2 Å². The van der Waals surface area contributed by atoms with Crippen molar-refractivity contribution in [1.82, 2.24) is 19.9 Å². The molecule has 2 aromatic carbocycles. The second-order valence-corrected chi connectivity index (χ2v) is 9.60. The number of pyridine rings is 3. The second kappa shape index (κ2) is 10.7. The van der Waals surface area contributed by atoms with E-state index in [9.17, 15) is 9.18 Å². The van der Waals surface area contributed by atoms with Gasteiger partial charge in [-0.2, -0.15) is 0 Å². The quantitative estimate of drug-likeness (QED) is 0.288. The Hall–Kier alpha value is -4.89. The molecule has 0 radical (unpaired) electrons. The zero-order valence-corrected chi connectivity index (χ0v) is 22.0. The van der Waals surface area contributed by atoms with Crippen LogP contribution in [0.1, 0.15) is 36.0 Å². The summed E-state index contributed by atoms with van der Waals surface area (Å²) in [6.07, 6.45) is 4.49. The number of methoxy groups -OCH3 is 1. The summed E-state index contributed by atoms with van der Waals surface area (Å²) >= 11 is 0. The summed E-state index contributed by atoms with van der Waals surface area (Å²) in [6.45, 7) is 2.53. The number of nitrogens with one attached hydrogen (secondary N) is 2. The number of nitrogens with zero attached hydrogens (tertiary/aromatic N) is 4. The first-order valence-corrected chi connectivity index (χ1v) is 12.9. The fourth-order valence-corrected chi connectivity index (χ4v) is 4.99. The molecule has 0 bridgehead atoms. The third-order valence-corrected chi connectivity index (χ3v) is 6.99. The molecule has 0 saturated heterocycles. The highest BCUT2D eigenvalue weighted by Crippen LogP contribution is 2.32. The molecule has 2 atom stereocenters. The molecular weight excluding hydrogens is 507 g/mol. The largest absolute Gasteiger partial charge is 0.497 e. The minimum atomic E-state index is -0.607. The Bertz CT molecular complexity index is 1770. The van der Waals surface area contributed by atoms with Crippen LogP contribution in [0.15, 0.2) is 95.0 Å². The maximum Gasteiger partial charge on any atom is 0.190 e. The number of hydrogen-bond acceptors (Lipinski definition) is 7. The van der Waals surface area contributed by atoms with Crippen molar-refractivity contribution in [2.24, 2.45) is 4.99 Å². The average Bonchev–Trinajstić information content (AvgIpc) is 2.98. The summed E-state index contributed by atoms with van der Waals surface area (Å²) in [5.74, 6) is 1.13. The fourth-order valence-electron chi connectivity index (χ4n) is 4.99. The van der Waals surface area contributed by atoms with Crippen molar-refractivity contribution in [3.63, 3.8) is 0 Å². The molecule has 9 heteroatoms. The van der Waals surface area contributed by atoms with Crippen LogP contribution in [0, 0.1) is 5.82 Å². The summed E-state index contributed by atoms with van der Waals surface area (Å²) < 4.78 is 21.3. The number of fused-ring (bicyclic) bond motifs is 2. The van der Waals surface area contributed by atoms with Crippen LogP contribution in [0.25, 0.3) is 22.2 Å². The Balaban J connectivity index is 1.36. The molecule has 3 aromatic heterocycles. The average molecular weight is 535 g/mol. The van der Waals surface area contributed by atoms with Crippen molar-refractivity contribution in [2.45, 2.75) is 25.7 Å². The molecule has 200 valence electrons. The molecule has 5 aromatic rings. The number of aromatic nitrogens is 3. The van der Waals surface area contributed by atoms with E-state index in [0.717, 1.165) is 28.3 Å². The monoisotopic (exact) mass is 534 g/mol. The molecule has 2 N–H and O–H groups in total. The molecule has 0 spiro atoms. The van der Waals surface area contributed by atoms with Crippen LogP contribution in [-0.2, 0) is 6.54 Å². The SMILES string of the molecule is COc1ccc(Cn2ccc(=O)c3c2NC=NC3N[C@H](C)c2nc3ccc(F)cc3cc2-c2ccccn2)cc1. The van der Waals surface area contributed by atoms with E-state index in [1.54, 1.807) is 38.0 Å². The predicted molar refractivity (Wildman–Crippen MR) is 154 cm³/mol. The molecule has 4 heterocycles. The van der Waals surface area contributed by atoms with Gasteiger partial charge in [0.25, 0.3) is 0 Å².